The molecule has 2 amide bonds. The number of halogens is 1. The van der Waals surface area contributed by atoms with Gasteiger partial charge >= 0.3 is 0 Å². The number of anilines is 1. The van der Waals surface area contributed by atoms with Crippen molar-refractivity contribution in [1.82, 2.24) is 15.1 Å². The van der Waals surface area contributed by atoms with Gasteiger partial charge in [-0.15, -0.1) is 0 Å². The molecule has 0 spiro atoms. The summed E-state index contributed by atoms with van der Waals surface area (Å²) >= 11 is 6.08. The van der Waals surface area contributed by atoms with Gasteiger partial charge < -0.3 is 10.6 Å². The van der Waals surface area contributed by atoms with E-state index in [4.69, 9.17) is 11.6 Å². The molecule has 28 heavy (non-hydrogen) atoms. The van der Waals surface area contributed by atoms with Crippen molar-refractivity contribution in [3.05, 3.63) is 29.3 Å². The van der Waals surface area contributed by atoms with Gasteiger partial charge in [-0.1, -0.05) is 49.9 Å². The molecule has 1 aliphatic heterocycles. The van der Waals surface area contributed by atoms with E-state index in [0.29, 0.717) is 23.8 Å². The first-order chi connectivity index (χ1) is 13.5. The van der Waals surface area contributed by atoms with E-state index >= 15 is 0 Å². The molecule has 0 bridgehead atoms. The monoisotopic (exact) mass is 408 g/mol. The lowest BCUT2D eigenvalue weighted by atomic mass is 10.1. The summed E-state index contributed by atoms with van der Waals surface area (Å²) in [4.78, 5) is 28.7. The van der Waals surface area contributed by atoms with Gasteiger partial charge in [0.2, 0.25) is 11.8 Å². The summed E-state index contributed by atoms with van der Waals surface area (Å²) in [7, 11) is 0. The molecule has 0 unspecified atom stereocenters. The molecule has 6 nitrogen and oxygen atoms in total. The second-order valence-electron chi connectivity index (χ2n) is 7.54. The van der Waals surface area contributed by atoms with Crippen LogP contribution in [0.5, 0.6) is 0 Å². The van der Waals surface area contributed by atoms with Crippen molar-refractivity contribution in [2.24, 2.45) is 0 Å². The third-order valence-electron chi connectivity index (χ3n) is 5.00. The molecule has 1 heterocycles. The Morgan fingerprint density at radius 1 is 1.04 bits per heavy atom. The first kappa shape index (κ1) is 22.7. The highest BCUT2D eigenvalue weighted by atomic mass is 35.5. The third-order valence-corrected chi connectivity index (χ3v) is 5.32. The van der Waals surface area contributed by atoms with Gasteiger partial charge in [0.25, 0.3) is 0 Å². The van der Waals surface area contributed by atoms with Gasteiger partial charge in [-0.2, -0.15) is 0 Å². The predicted molar refractivity (Wildman–Crippen MR) is 115 cm³/mol. The van der Waals surface area contributed by atoms with E-state index in [2.05, 4.69) is 34.3 Å². The molecule has 1 atom stereocenters. The second kappa shape index (κ2) is 12.0. The number of unbranched alkanes of at least 4 members (excludes halogenated alkanes) is 2. The largest absolute Gasteiger partial charge is 0.353 e. The molecule has 156 valence electrons. The van der Waals surface area contributed by atoms with Gasteiger partial charge in [-0.05, 0) is 25.5 Å². The van der Waals surface area contributed by atoms with Gasteiger partial charge in [-0.3, -0.25) is 19.4 Å². The van der Waals surface area contributed by atoms with Crippen molar-refractivity contribution >= 4 is 29.1 Å². The fraction of sp³-hybridized carbons (Fsp3) is 0.619. The van der Waals surface area contributed by atoms with Crippen LogP contribution in [-0.2, 0) is 9.59 Å². The van der Waals surface area contributed by atoms with Crippen molar-refractivity contribution < 1.29 is 9.59 Å². The second-order valence-corrected chi connectivity index (χ2v) is 7.95. The molecular weight excluding hydrogens is 376 g/mol. The Morgan fingerprint density at radius 2 is 1.64 bits per heavy atom. The Morgan fingerprint density at radius 3 is 2.25 bits per heavy atom. The third kappa shape index (κ3) is 8.17. The smallest absolute Gasteiger partial charge is 0.238 e. The molecule has 0 saturated carbocycles. The lowest BCUT2D eigenvalue weighted by Crippen LogP contribution is -2.51. The molecule has 0 aromatic heterocycles. The molecular formula is C21H33ClN4O2. The maximum atomic E-state index is 12.2. The summed E-state index contributed by atoms with van der Waals surface area (Å²) in [6.07, 6.45) is 4.61. The van der Waals surface area contributed by atoms with E-state index in [1.54, 1.807) is 12.1 Å². The van der Waals surface area contributed by atoms with Crippen molar-refractivity contribution in [2.75, 3.05) is 44.6 Å². The zero-order valence-electron chi connectivity index (χ0n) is 17.0. The van der Waals surface area contributed by atoms with Gasteiger partial charge in [-0.25, -0.2) is 0 Å². The van der Waals surface area contributed by atoms with E-state index < -0.39 is 0 Å². The van der Waals surface area contributed by atoms with Crippen LogP contribution in [0.1, 0.15) is 39.5 Å². The minimum absolute atomic E-state index is 0.0693. The number of carbonyl (C=O) groups excluding carboxylic acids is 2. The molecule has 1 fully saturated rings. The lowest BCUT2D eigenvalue weighted by molar-refractivity contribution is -0.124. The number of carbonyl (C=O) groups is 2. The highest BCUT2D eigenvalue weighted by Crippen LogP contribution is 2.20. The Balaban J connectivity index is 1.64. The van der Waals surface area contributed by atoms with E-state index in [1.165, 1.54) is 12.8 Å². The molecule has 1 saturated heterocycles. The number of nitrogens with one attached hydrogen (secondary N) is 2. The van der Waals surface area contributed by atoms with Crippen LogP contribution >= 0.6 is 11.6 Å². The van der Waals surface area contributed by atoms with E-state index in [0.717, 1.165) is 39.0 Å². The van der Waals surface area contributed by atoms with Crippen molar-refractivity contribution in [3.8, 4) is 0 Å². The van der Waals surface area contributed by atoms with Crippen molar-refractivity contribution in [1.29, 1.82) is 0 Å². The van der Waals surface area contributed by atoms with Crippen LogP contribution in [0.3, 0.4) is 0 Å². The van der Waals surface area contributed by atoms with Gasteiger partial charge in [0.15, 0.2) is 0 Å². The molecule has 1 aliphatic rings. The van der Waals surface area contributed by atoms with Crippen LogP contribution < -0.4 is 10.6 Å². The lowest BCUT2D eigenvalue weighted by Gasteiger charge is -2.34. The Kier molecular flexibility index (Phi) is 9.75. The number of nitrogens with zero attached hydrogens (tertiary/aromatic N) is 2. The summed E-state index contributed by atoms with van der Waals surface area (Å²) in [6.45, 7) is 8.14. The molecule has 2 rings (SSSR count). The summed E-state index contributed by atoms with van der Waals surface area (Å²) in [5.41, 5.74) is 0.637. The fourth-order valence-corrected chi connectivity index (χ4v) is 3.54. The number of para-hydroxylation sites is 1. The standard InChI is InChI=1S/C21H33ClN4O2/c1-3-4-5-8-17(2)23-20(27)15-25-11-13-26(14-12-25)16-21(28)24-19-10-7-6-9-18(19)22/h6-7,9-10,17H,3-5,8,11-16H2,1-2H3,(H,23,27)(H,24,28)/t17-/m0/s1. The van der Waals surface area contributed by atoms with Crippen molar-refractivity contribution in [3.63, 3.8) is 0 Å². The first-order valence-electron chi connectivity index (χ1n) is 10.3. The molecule has 0 aliphatic carbocycles. The maximum absolute atomic E-state index is 12.2. The molecule has 1 aromatic carbocycles. The highest BCUT2D eigenvalue weighted by molar-refractivity contribution is 6.33. The quantitative estimate of drug-likeness (QED) is 0.584. The SMILES string of the molecule is CCCCC[C@H](C)NC(=O)CN1CCN(CC(=O)Nc2ccccc2Cl)CC1. The average molecular weight is 409 g/mol. The summed E-state index contributed by atoms with van der Waals surface area (Å²) in [6, 6.07) is 7.45. The number of hydrogen-bond donors (Lipinski definition) is 2. The summed E-state index contributed by atoms with van der Waals surface area (Å²) in [5.74, 6) is 0.0223. The number of hydrogen-bond acceptors (Lipinski definition) is 4. The minimum Gasteiger partial charge on any atom is -0.353 e. The minimum atomic E-state index is -0.0693. The Hall–Kier alpha value is -1.63. The van der Waals surface area contributed by atoms with Gasteiger partial charge in [0, 0.05) is 32.2 Å². The molecule has 2 N–H and O–H groups in total. The highest BCUT2D eigenvalue weighted by Gasteiger charge is 2.21. The van der Waals surface area contributed by atoms with Crippen LogP contribution in [0.2, 0.25) is 5.02 Å². The fourth-order valence-electron chi connectivity index (χ4n) is 3.36. The number of rotatable bonds is 10. The Bertz CT molecular complexity index is 633. The first-order valence-corrected chi connectivity index (χ1v) is 10.6. The topological polar surface area (TPSA) is 64.7 Å². The molecule has 1 aromatic rings. The Labute approximate surface area is 173 Å². The van der Waals surface area contributed by atoms with Crippen LogP contribution in [0.25, 0.3) is 0 Å². The predicted octanol–water partition coefficient (Wildman–Crippen LogP) is 2.98. The summed E-state index contributed by atoms with van der Waals surface area (Å²) in [5, 5.41) is 6.48. The van der Waals surface area contributed by atoms with Crippen LogP contribution in [-0.4, -0.2) is 66.9 Å². The van der Waals surface area contributed by atoms with Gasteiger partial charge in [0.1, 0.15) is 0 Å². The maximum Gasteiger partial charge on any atom is 0.238 e. The van der Waals surface area contributed by atoms with Gasteiger partial charge in [0.05, 0.1) is 23.8 Å². The van der Waals surface area contributed by atoms with Crippen LogP contribution in [0.15, 0.2) is 24.3 Å². The average Bonchev–Trinajstić information content (AvgIpc) is 2.65. The number of piperazine rings is 1. The van der Waals surface area contributed by atoms with Crippen LogP contribution in [0.4, 0.5) is 5.69 Å². The van der Waals surface area contributed by atoms with E-state index in [-0.39, 0.29) is 17.9 Å². The van der Waals surface area contributed by atoms with E-state index in [1.807, 2.05) is 12.1 Å². The summed E-state index contributed by atoms with van der Waals surface area (Å²) < 4.78 is 0. The zero-order chi connectivity index (χ0) is 20.4. The van der Waals surface area contributed by atoms with Crippen LogP contribution in [0, 0.1) is 0 Å². The molecule has 0 radical (unpaired) electrons. The van der Waals surface area contributed by atoms with E-state index in [9.17, 15) is 9.59 Å². The normalized spacial score (nSPS) is 16.5. The number of benzene rings is 1. The molecule has 7 heteroatoms. The number of amides is 2. The van der Waals surface area contributed by atoms with Crippen molar-refractivity contribution in [2.45, 2.75) is 45.6 Å². The zero-order valence-corrected chi connectivity index (χ0v) is 17.8.